The number of benzene rings is 1. The molecule has 108 valence electrons. The van der Waals surface area contributed by atoms with Crippen LogP contribution in [0.15, 0.2) is 42.6 Å². The van der Waals surface area contributed by atoms with Crippen LogP contribution in [0.3, 0.4) is 0 Å². The molecule has 0 radical (unpaired) electrons. The van der Waals surface area contributed by atoms with Crippen LogP contribution in [0.4, 0.5) is 0 Å². The molecule has 5 heteroatoms. The van der Waals surface area contributed by atoms with E-state index in [-0.39, 0.29) is 5.78 Å². The smallest absolute Gasteiger partial charge is 0.328 e. The molecular formula is C16H15NO4. The number of ketones is 1. The lowest BCUT2D eigenvalue weighted by Gasteiger charge is -2.01. The molecule has 0 aliphatic rings. The summed E-state index contributed by atoms with van der Waals surface area (Å²) in [4.78, 5) is 22.9. The number of carbonyl (C=O) groups is 2. The zero-order valence-corrected chi connectivity index (χ0v) is 11.7. The van der Waals surface area contributed by atoms with Crippen LogP contribution in [0.1, 0.15) is 21.6 Å². The van der Waals surface area contributed by atoms with Crippen LogP contribution < -0.4 is 4.74 Å². The molecule has 1 N–H and O–H groups in total. The maximum Gasteiger partial charge on any atom is 0.328 e. The van der Waals surface area contributed by atoms with Gasteiger partial charge in [-0.2, -0.15) is 0 Å². The number of nitrogens with zero attached hydrogens (tertiary/aromatic N) is 1. The Kier molecular flexibility index (Phi) is 4.23. The van der Waals surface area contributed by atoms with E-state index in [1.165, 1.54) is 6.08 Å². The Morgan fingerprint density at radius 1 is 1.19 bits per heavy atom. The van der Waals surface area contributed by atoms with Crippen molar-refractivity contribution < 1.29 is 19.4 Å². The van der Waals surface area contributed by atoms with Crippen molar-refractivity contribution >= 4 is 17.8 Å². The molecule has 0 fully saturated rings. The van der Waals surface area contributed by atoms with Crippen molar-refractivity contribution in [2.24, 2.45) is 7.05 Å². The van der Waals surface area contributed by atoms with E-state index in [1.807, 2.05) is 0 Å². The Morgan fingerprint density at radius 2 is 1.86 bits per heavy atom. The SMILES string of the molecule is COc1ccc(C(=O)c2cc(/C=C/C(=O)O)n(C)c2)cc1. The van der Waals surface area contributed by atoms with E-state index in [2.05, 4.69) is 0 Å². The molecule has 2 aromatic rings. The third kappa shape index (κ3) is 3.39. The van der Waals surface area contributed by atoms with Gasteiger partial charge in [0, 0.05) is 36.1 Å². The van der Waals surface area contributed by atoms with Gasteiger partial charge in [-0.15, -0.1) is 0 Å². The molecule has 21 heavy (non-hydrogen) atoms. The van der Waals surface area contributed by atoms with E-state index in [1.54, 1.807) is 55.3 Å². The molecule has 1 aromatic heterocycles. The van der Waals surface area contributed by atoms with Gasteiger partial charge in [0.2, 0.25) is 0 Å². The fourth-order valence-electron chi connectivity index (χ4n) is 1.94. The van der Waals surface area contributed by atoms with Crippen molar-refractivity contribution in [2.45, 2.75) is 0 Å². The normalized spacial score (nSPS) is 10.8. The van der Waals surface area contributed by atoms with Crippen molar-refractivity contribution in [1.29, 1.82) is 0 Å². The Balaban J connectivity index is 2.26. The number of carbonyl (C=O) groups excluding carboxylic acids is 1. The van der Waals surface area contributed by atoms with Gasteiger partial charge in [0.05, 0.1) is 7.11 Å². The average Bonchev–Trinajstić information content (AvgIpc) is 2.85. The van der Waals surface area contributed by atoms with Crippen LogP contribution in [0.5, 0.6) is 5.75 Å². The number of carboxylic acids is 1. The van der Waals surface area contributed by atoms with Gasteiger partial charge in [-0.1, -0.05) is 0 Å². The summed E-state index contributed by atoms with van der Waals surface area (Å²) >= 11 is 0. The van der Waals surface area contributed by atoms with Crippen LogP contribution in [0, 0.1) is 0 Å². The van der Waals surface area contributed by atoms with E-state index in [0.717, 1.165) is 6.08 Å². The fourth-order valence-corrected chi connectivity index (χ4v) is 1.94. The fraction of sp³-hybridized carbons (Fsp3) is 0.125. The lowest BCUT2D eigenvalue weighted by Crippen LogP contribution is -1.99. The number of aliphatic carboxylic acids is 1. The minimum atomic E-state index is -1.03. The van der Waals surface area contributed by atoms with E-state index in [4.69, 9.17) is 9.84 Å². The number of ether oxygens (including phenoxy) is 1. The van der Waals surface area contributed by atoms with Crippen molar-refractivity contribution in [1.82, 2.24) is 4.57 Å². The molecule has 0 aliphatic heterocycles. The van der Waals surface area contributed by atoms with Gasteiger partial charge < -0.3 is 14.4 Å². The van der Waals surface area contributed by atoms with Gasteiger partial charge in [-0.3, -0.25) is 4.79 Å². The standard InChI is InChI=1S/C16H15NO4/c1-17-10-12(9-13(17)5-8-15(18)19)16(20)11-3-6-14(21-2)7-4-11/h3-10H,1-2H3,(H,18,19)/b8-5+. The van der Waals surface area contributed by atoms with Crippen LogP contribution in [-0.2, 0) is 11.8 Å². The zero-order valence-electron chi connectivity index (χ0n) is 11.7. The average molecular weight is 285 g/mol. The second-order valence-corrected chi connectivity index (χ2v) is 4.49. The Labute approximate surface area is 122 Å². The van der Waals surface area contributed by atoms with Gasteiger partial charge in [0.1, 0.15) is 5.75 Å². The van der Waals surface area contributed by atoms with Crippen molar-refractivity contribution in [3.8, 4) is 5.75 Å². The predicted octanol–water partition coefficient (Wildman–Crippen LogP) is 2.36. The summed E-state index contributed by atoms with van der Waals surface area (Å²) in [5.41, 5.74) is 1.71. The number of rotatable bonds is 5. The number of hydrogen-bond acceptors (Lipinski definition) is 3. The van der Waals surface area contributed by atoms with Crippen LogP contribution >= 0.6 is 0 Å². The van der Waals surface area contributed by atoms with Crippen LogP contribution in [0.25, 0.3) is 6.08 Å². The summed E-state index contributed by atoms with van der Waals surface area (Å²) in [5, 5.41) is 8.63. The second kappa shape index (κ2) is 6.09. The van der Waals surface area contributed by atoms with Gasteiger partial charge in [-0.25, -0.2) is 4.79 Å². The summed E-state index contributed by atoms with van der Waals surface area (Å²) in [6, 6.07) is 8.50. The van der Waals surface area contributed by atoms with Crippen LogP contribution in [-0.4, -0.2) is 28.5 Å². The first-order chi connectivity index (χ1) is 10.0. The van der Waals surface area contributed by atoms with Crippen molar-refractivity contribution in [3.05, 3.63) is 59.4 Å². The number of aromatic nitrogens is 1. The molecule has 0 atom stereocenters. The van der Waals surface area contributed by atoms with E-state index >= 15 is 0 Å². The third-order valence-corrected chi connectivity index (χ3v) is 3.05. The third-order valence-electron chi connectivity index (χ3n) is 3.05. The Bertz CT molecular complexity index is 696. The maximum absolute atomic E-state index is 12.4. The second-order valence-electron chi connectivity index (χ2n) is 4.49. The molecule has 0 unspecified atom stereocenters. The van der Waals surface area contributed by atoms with Crippen LogP contribution in [0.2, 0.25) is 0 Å². The summed E-state index contributed by atoms with van der Waals surface area (Å²) in [6.07, 6.45) is 4.16. The largest absolute Gasteiger partial charge is 0.497 e. The Hall–Kier alpha value is -2.82. The molecule has 0 spiro atoms. The summed E-state index contributed by atoms with van der Waals surface area (Å²) in [7, 11) is 3.32. The molecule has 0 amide bonds. The lowest BCUT2D eigenvalue weighted by molar-refractivity contribution is -0.131. The summed E-state index contributed by atoms with van der Waals surface area (Å²) < 4.78 is 6.76. The highest BCUT2D eigenvalue weighted by Crippen LogP contribution is 2.17. The number of carboxylic acid groups (broad SMARTS) is 1. The zero-order chi connectivity index (χ0) is 15.4. The molecule has 1 aromatic carbocycles. The number of aryl methyl sites for hydroxylation is 1. The quantitative estimate of drug-likeness (QED) is 0.676. The lowest BCUT2D eigenvalue weighted by atomic mass is 10.1. The first-order valence-corrected chi connectivity index (χ1v) is 6.27. The molecular weight excluding hydrogens is 270 g/mol. The van der Waals surface area contributed by atoms with E-state index in [0.29, 0.717) is 22.6 Å². The summed E-state index contributed by atoms with van der Waals surface area (Å²) in [5.74, 6) is -0.466. The van der Waals surface area contributed by atoms with Gasteiger partial charge in [-0.05, 0) is 36.4 Å². The van der Waals surface area contributed by atoms with E-state index < -0.39 is 5.97 Å². The molecule has 5 nitrogen and oxygen atoms in total. The highest BCUT2D eigenvalue weighted by Gasteiger charge is 2.12. The topological polar surface area (TPSA) is 68.5 Å². The molecule has 1 heterocycles. The molecule has 2 rings (SSSR count). The minimum absolute atomic E-state index is 0.122. The van der Waals surface area contributed by atoms with Crippen molar-refractivity contribution in [2.75, 3.05) is 7.11 Å². The molecule has 0 saturated carbocycles. The number of hydrogen-bond donors (Lipinski definition) is 1. The highest BCUT2D eigenvalue weighted by molar-refractivity contribution is 6.09. The van der Waals surface area contributed by atoms with Crippen molar-refractivity contribution in [3.63, 3.8) is 0 Å². The minimum Gasteiger partial charge on any atom is -0.497 e. The van der Waals surface area contributed by atoms with Gasteiger partial charge in [0.25, 0.3) is 0 Å². The molecule has 0 bridgehead atoms. The first kappa shape index (κ1) is 14.6. The molecule has 0 aliphatic carbocycles. The monoisotopic (exact) mass is 285 g/mol. The Morgan fingerprint density at radius 3 is 2.43 bits per heavy atom. The van der Waals surface area contributed by atoms with Gasteiger partial charge in [0.15, 0.2) is 5.78 Å². The maximum atomic E-state index is 12.4. The van der Waals surface area contributed by atoms with E-state index in [9.17, 15) is 9.59 Å². The summed E-state index contributed by atoms with van der Waals surface area (Å²) in [6.45, 7) is 0. The number of methoxy groups -OCH3 is 1. The highest BCUT2D eigenvalue weighted by atomic mass is 16.5. The predicted molar refractivity (Wildman–Crippen MR) is 78.5 cm³/mol. The molecule has 0 saturated heterocycles. The van der Waals surface area contributed by atoms with Gasteiger partial charge >= 0.3 is 5.97 Å². The first-order valence-electron chi connectivity index (χ1n) is 6.27.